The van der Waals surface area contributed by atoms with Crippen LogP contribution >= 0.6 is 0 Å². The Balaban J connectivity index is 2.99. The van der Waals surface area contributed by atoms with Crippen molar-refractivity contribution < 1.29 is 12.8 Å². The molecule has 5 nitrogen and oxygen atoms in total. The molecule has 0 heterocycles. The lowest BCUT2D eigenvalue weighted by atomic mass is 10.0. The standard InChI is InChI=1S/C14H24FN3O2S/c1-10(2)7-12(9-18(3)4)17-21(19,20)14-6-5-11(16)8-13(14)15/h5-6,8,10,12,17H,7,9,16H2,1-4H3. The summed E-state index contributed by atoms with van der Waals surface area (Å²) in [5.41, 5.74) is 5.63. The third-order valence-electron chi connectivity index (χ3n) is 2.91. The van der Waals surface area contributed by atoms with Crippen LogP contribution in [-0.2, 0) is 10.0 Å². The van der Waals surface area contributed by atoms with Crippen LogP contribution in [0, 0.1) is 11.7 Å². The number of hydrogen-bond acceptors (Lipinski definition) is 4. The van der Waals surface area contributed by atoms with Gasteiger partial charge in [0.1, 0.15) is 10.7 Å². The summed E-state index contributed by atoms with van der Waals surface area (Å²) in [5.74, 6) is -0.510. The molecule has 0 saturated heterocycles. The lowest BCUT2D eigenvalue weighted by Crippen LogP contribution is -2.42. The highest BCUT2D eigenvalue weighted by Crippen LogP contribution is 2.18. The summed E-state index contributed by atoms with van der Waals surface area (Å²) in [4.78, 5) is 1.53. The molecule has 0 aliphatic heterocycles. The summed E-state index contributed by atoms with van der Waals surface area (Å²) in [6.45, 7) is 4.58. The number of nitrogens with two attached hydrogens (primary N) is 1. The van der Waals surface area contributed by atoms with Gasteiger partial charge in [-0.1, -0.05) is 13.8 Å². The van der Waals surface area contributed by atoms with Crippen LogP contribution in [0.25, 0.3) is 0 Å². The van der Waals surface area contributed by atoms with Crippen LogP contribution in [0.3, 0.4) is 0 Å². The number of nitrogen functional groups attached to an aromatic ring is 1. The Morgan fingerprint density at radius 3 is 2.43 bits per heavy atom. The fourth-order valence-corrected chi connectivity index (χ4v) is 3.49. The largest absolute Gasteiger partial charge is 0.399 e. The number of hydrogen-bond donors (Lipinski definition) is 2. The maximum absolute atomic E-state index is 13.8. The zero-order chi connectivity index (χ0) is 16.2. The van der Waals surface area contributed by atoms with Crippen molar-refractivity contribution in [2.24, 2.45) is 5.92 Å². The molecular weight excluding hydrogens is 293 g/mol. The van der Waals surface area contributed by atoms with Crippen molar-refractivity contribution in [2.75, 3.05) is 26.4 Å². The summed E-state index contributed by atoms with van der Waals surface area (Å²) < 4.78 is 41.0. The number of sulfonamides is 1. The van der Waals surface area contributed by atoms with E-state index in [0.29, 0.717) is 18.9 Å². The number of rotatable bonds is 7. The molecule has 7 heteroatoms. The van der Waals surface area contributed by atoms with E-state index in [-0.39, 0.29) is 16.6 Å². The Kier molecular flexibility index (Phi) is 6.12. The van der Waals surface area contributed by atoms with Crippen molar-refractivity contribution in [1.29, 1.82) is 0 Å². The van der Waals surface area contributed by atoms with Crippen LogP contribution < -0.4 is 10.5 Å². The summed E-state index contributed by atoms with van der Waals surface area (Å²) in [6.07, 6.45) is 0.675. The maximum atomic E-state index is 13.8. The van der Waals surface area contributed by atoms with Crippen LogP contribution in [0.2, 0.25) is 0 Å². The highest BCUT2D eigenvalue weighted by Gasteiger charge is 2.24. The summed E-state index contributed by atoms with van der Waals surface area (Å²) in [6, 6.07) is 3.30. The normalized spacial score (nSPS) is 13.9. The predicted molar refractivity (Wildman–Crippen MR) is 82.9 cm³/mol. The number of nitrogens with zero attached hydrogens (tertiary/aromatic N) is 1. The molecule has 0 fully saturated rings. The second kappa shape index (κ2) is 7.20. The van der Waals surface area contributed by atoms with E-state index in [0.717, 1.165) is 6.07 Å². The monoisotopic (exact) mass is 317 g/mol. The number of nitrogens with one attached hydrogen (secondary N) is 1. The summed E-state index contributed by atoms with van der Waals surface area (Å²) in [7, 11) is -0.172. The highest BCUT2D eigenvalue weighted by molar-refractivity contribution is 7.89. The first-order valence-corrected chi connectivity index (χ1v) is 8.32. The van der Waals surface area contributed by atoms with Gasteiger partial charge in [-0.05, 0) is 44.6 Å². The predicted octanol–water partition coefficient (Wildman–Crippen LogP) is 1.66. The molecule has 1 rings (SSSR count). The van der Waals surface area contributed by atoms with Crippen molar-refractivity contribution >= 4 is 15.7 Å². The third kappa shape index (κ3) is 5.61. The minimum absolute atomic E-state index is 0.193. The van der Waals surface area contributed by atoms with Gasteiger partial charge in [-0.2, -0.15) is 0 Å². The van der Waals surface area contributed by atoms with E-state index in [2.05, 4.69) is 4.72 Å². The van der Waals surface area contributed by atoms with Crippen molar-refractivity contribution in [1.82, 2.24) is 9.62 Å². The van der Waals surface area contributed by atoms with E-state index in [9.17, 15) is 12.8 Å². The molecule has 21 heavy (non-hydrogen) atoms. The van der Waals surface area contributed by atoms with E-state index in [1.54, 1.807) is 0 Å². The molecule has 0 aliphatic rings. The van der Waals surface area contributed by atoms with Gasteiger partial charge in [-0.3, -0.25) is 0 Å². The molecule has 0 radical (unpaired) electrons. The highest BCUT2D eigenvalue weighted by atomic mass is 32.2. The summed E-state index contributed by atoms with van der Waals surface area (Å²) in [5, 5.41) is 0. The molecule has 0 aliphatic carbocycles. The van der Waals surface area contributed by atoms with Gasteiger partial charge >= 0.3 is 0 Å². The fourth-order valence-electron chi connectivity index (χ4n) is 2.19. The maximum Gasteiger partial charge on any atom is 0.243 e. The van der Waals surface area contributed by atoms with Crippen LogP contribution in [0.4, 0.5) is 10.1 Å². The second-order valence-electron chi connectivity index (χ2n) is 5.90. The van der Waals surface area contributed by atoms with Crippen molar-refractivity contribution in [3.63, 3.8) is 0 Å². The van der Waals surface area contributed by atoms with Crippen molar-refractivity contribution in [2.45, 2.75) is 31.2 Å². The zero-order valence-corrected chi connectivity index (χ0v) is 13.7. The van der Waals surface area contributed by atoms with Gasteiger partial charge < -0.3 is 10.6 Å². The average molecular weight is 317 g/mol. The molecule has 120 valence electrons. The Morgan fingerprint density at radius 1 is 1.33 bits per heavy atom. The van der Waals surface area contributed by atoms with Gasteiger partial charge in [0.2, 0.25) is 10.0 Å². The Labute approximate surface area is 126 Å². The molecule has 3 N–H and O–H groups in total. The molecule has 0 spiro atoms. The fraction of sp³-hybridized carbons (Fsp3) is 0.571. The second-order valence-corrected chi connectivity index (χ2v) is 7.58. The van der Waals surface area contributed by atoms with E-state index < -0.39 is 15.8 Å². The van der Waals surface area contributed by atoms with Gasteiger partial charge in [-0.25, -0.2) is 17.5 Å². The minimum atomic E-state index is -3.91. The van der Waals surface area contributed by atoms with E-state index in [1.165, 1.54) is 12.1 Å². The Hall–Kier alpha value is -1.18. The van der Waals surface area contributed by atoms with Crippen LogP contribution in [-0.4, -0.2) is 40.0 Å². The van der Waals surface area contributed by atoms with Crippen molar-refractivity contribution in [3.8, 4) is 0 Å². The van der Waals surface area contributed by atoms with Crippen LogP contribution in [0.5, 0.6) is 0 Å². The number of halogens is 1. The molecule has 1 aromatic carbocycles. The smallest absolute Gasteiger partial charge is 0.243 e. The number of likely N-dealkylation sites (N-methyl/N-ethyl adjacent to an activating group) is 1. The molecular formula is C14H24FN3O2S. The Bertz CT molecular complexity index is 564. The lowest BCUT2D eigenvalue weighted by molar-refractivity contribution is 0.329. The van der Waals surface area contributed by atoms with Gasteiger partial charge in [-0.15, -0.1) is 0 Å². The zero-order valence-electron chi connectivity index (χ0n) is 12.9. The number of anilines is 1. The van der Waals surface area contributed by atoms with Gasteiger partial charge in [0, 0.05) is 18.3 Å². The summed E-state index contributed by atoms with van der Waals surface area (Å²) >= 11 is 0. The molecule has 0 bridgehead atoms. The van der Waals surface area contributed by atoms with Gasteiger partial charge in [0.15, 0.2) is 0 Å². The van der Waals surface area contributed by atoms with Crippen LogP contribution in [0.1, 0.15) is 20.3 Å². The first-order chi connectivity index (χ1) is 9.61. The van der Waals surface area contributed by atoms with E-state index in [4.69, 9.17) is 5.73 Å². The number of benzene rings is 1. The molecule has 0 amide bonds. The van der Waals surface area contributed by atoms with E-state index in [1.807, 2.05) is 32.8 Å². The molecule has 1 aromatic rings. The topological polar surface area (TPSA) is 75.4 Å². The quantitative estimate of drug-likeness (QED) is 0.750. The minimum Gasteiger partial charge on any atom is -0.399 e. The van der Waals surface area contributed by atoms with E-state index >= 15 is 0 Å². The lowest BCUT2D eigenvalue weighted by Gasteiger charge is -2.24. The average Bonchev–Trinajstić information content (AvgIpc) is 2.24. The van der Waals surface area contributed by atoms with Crippen molar-refractivity contribution in [3.05, 3.63) is 24.0 Å². The Morgan fingerprint density at radius 2 is 1.95 bits per heavy atom. The van der Waals surface area contributed by atoms with Gasteiger partial charge in [0.25, 0.3) is 0 Å². The molecule has 1 unspecified atom stereocenters. The van der Waals surface area contributed by atoms with Gasteiger partial charge in [0.05, 0.1) is 0 Å². The SMILES string of the molecule is CC(C)CC(CN(C)C)NS(=O)(=O)c1ccc(N)cc1F. The molecule has 1 atom stereocenters. The first kappa shape index (κ1) is 17.9. The molecule has 0 saturated carbocycles. The third-order valence-corrected chi connectivity index (χ3v) is 4.46. The van der Waals surface area contributed by atoms with Crippen LogP contribution in [0.15, 0.2) is 23.1 Å². The first-order valence-electron chi connectivity index (χ1n) is 6.84. The molecule has 0 aromatic heterocycles.